The van der Waals surface area contributed by atoms with Crippen LogP contribution in [-0.2, 0) is 25.7 Å². The molecule has 4 aliphatic rings. The molecule has 42 heavy (non-hydrogen) atoms. The number of likely N-dealkylation sites (tertiary alicyclic amines) is 1. The highest BCUT2D eigenvalue weighted by atomic mass is 79.9. The maximum atomic E-state index is 14.2. The lowest BCUT2D eigenvalue weighted by atomic mass is 9.74. The smallest absolute Gasteiger partial charge is 0.246 e. The number of halogens is 1. The summed E-state index contributed by atoms with van der Waals surface area (Å²) in [6.07, 6.45) is 9.19. The summed E-state index contributed by atoms with van der Waals surface area (Å²) in [6, 6.07) is 16.9. The van der Waals surface area contributed by atoms with Crippen LogP contribution in [0.2, 0.25) is 0 Å². The maximum Gasteiger partial charge on any atom is 0.246 e. The van der Waals surface area contributed by atoms with Gasteiger partial charge < -0.3 is 25.2 Å². The van der Waals surface area contributed by atoms with Gasteiger partial charge in [0.1, 0.15) is 11.6 Å². The van der Waals surface area contributed by atoms with Gasteiger partial charge in [-0.05, 0) is 62.7 Å². The number of anilines is 1. The zero-order valence-corrected chi connectivity index (χ0v) is 25.6. The average molecular weight is 636 g/mol. The Kier molecular flexibility index (Phi) is 8.52. The second-order valence-corrected chi connectivity index (χ2v) is 13.1. The molecule has 2 N–H and O–H groups in total. The van der Waals surface area contributed by atoms with Gasteiger partial charge in [0, 0.05) is 29.3 Å². The number of fused-ring (bicyclic) bond motifs is 1. The van der Waals surface area contributed by atoms with E-state index in [0.717, 1.165) is 43.2 Å². The van der Waals surface area contributed by atoms with Crippen molar-refractivity contribution in [1.29, 1.82) is 0 Å². The summed E-state index contributed by atoms with van der Waals surface area (Å²) in [7, 11) is 2.06. The first-order chi connectivity index (χ1) is 20.4. The molecular weight excluding hydrogens is 596 g/mol. The Balaban J connectivity index is 1.21. The maximum absolute atomic E-state index is 14.2. The third-order valence-electron chi connectivity index (χ3n) is 9.22. The van der Waals surface area contributed by atoms with E-state index in [-0.39, 0.29) is 23.8 Å². The molecule has 6 rings (SSSR count). The minimum Gasteiger partial charge on any atom is -0.359 e. The number of carbonyl (C=O) groups is 3. The number of benzene rings is 2. The third-order valence-corrected chi connectivity index (χ3v) is 9.75. The molecule has 8 nitrogen and oxygen atoms in total. The van der Waals surface area contributed by atoms with E-state index in [9.17, 15) is 14.4 Å². The van der Waals surface area contributed by atoms with E-state index in [1.165, 1.54) is 12.0 Å². The van der Waals surface area contributed by atoms with Crippen LogP contribution in [0.3, 0.4) is 0 Å². The van der Waals surface area contributed by atoms with Crippen molar-refractivity contribution in [2.45, 2.75) is 68.9 Å². The fourth-order valence-corrected chi connectivity index (χ4v) is 7.54. The quantitative estimate of drug-likeness (QED) is 0.375. The van der Waals surface area contributed by atoms with Crippen LogP contribution in [0.5, 0.6) is 0 Å². The van der Waals surface area contributed by atoms with Gasteiger partial charge >= 0.3 is 0 Å². The standard InChI is InChI=1S/C33H39BrN4O4/c1-37(21-22-9-4-2-5-10-22)19-8-20-38-29(31(40)36-24-11-6-3-7-12-24)33-18-17-26(42-33)27(28(33)32(38)41)30(39)35-25-15-13-23(34)14-16-25/h2,4-5,9-10,13-18,24,26-29H,3,6-8,11-12,19-21H2,1H3,(H,35,39)(H,36,40)/t26-,27+,28-,29-,33+/m1/s1. The van der Waals surface area contributed by atoms with Crippen LogP contribution in [-0.4, -0.2) is 71.4 Å². The van der Waals surface area contributed by atoms with Gasteiger partial charge in [-0.2, -0.15) is 0 Å². The van der Waals surface area contributed by atoms with Gasteiger partial charge in [0.15, 0.2) is 0 Å². The van der Waals surface area contributed by atoms with Gasteiger partial charge in [-0.15, -0.1) is 0 Å². The molecule has 5 atom stereocenters. The monoisotopic (exact) mass is 634 g/mol. The van der Waals surface area contributed by atoms with Gasteiger partial charge in [0.25, 0.3) is 0 Å². The lowest BCUT2D eigenvalue weighted by molar-refractivity contribution is -0.141. The molecule has 1 aliphatic carbocycles. The summed E-state index contributed by atoms with van der Waals surface area (Å²) in [5.41, 5.74) is 0.739. The third kappa shape index (κ3) is 5.66. The number of amides is 3. The summed E-state index contributed by atoms with van der Waals surface area (Å²) < 4.78 is 7.40. The van der Waals surface area contributed by atoms with E-state index in [4.69, 9.17) is 4.74 Å². The highest BCUT2D eigenvalue weighted by Crippen LogP contribution is 2.55. The second-order valence-electron chi connectivity index (χ2n) is 12.1. The van der Waals surface area contributed by atoms with E-state index in [1.54, 1.807) is 4.90 Å². The molecule has 0 unspecified atom stereocenters. The largest absolute Gasteiger partial charge is 0.359 e. The molecular formula is C33H39BrN4O4. The van der Waals surface area contributed by atoms with Crippen molar-refractivity contribution in [3.63, 3.8) is 0 Å². The Morgan fingerprint density at radius 1 is 1.05 bits per heavy atom. The minimum atomic E-state index is -1.14. The topological polar surface area (TPSA) is 91.0 Å². The van der Waals surface area contributed by atoms with Crippen molar-refractivity contribution >= 4 is 39.3 Å². The predicted molar refractivity (Wildman–Crippen MR) is 164 cm³/mol. The molecule has 2 aromatic rings. The second kappa shape index (κ2) is 12.3. The average Bonchev–Trinajstić information content (AvgIpc) is 3.63. The SMILES string of the molecule is CN(CCCN1C(=O)[C@H]2[C@@H](C(=O)Nc3ccc(Br)cc3)[C@H]3C=C[C@@]2(O3)[C@H]1C(=O)NC1CCCCC1)Cc1ccccc1. The molecule has 1 saturated carbocycles. The van der Waals surface area contributed by atoms with Gasteiger partial charge in [0.05, 0.1) is 17.9 Å². The van der Waals surface area contributed by atoms with Crippen LogP contribution in [0.1, 0.15) is 44.1 Å². The highest BCUT2D eigenvalue weighted by Gasteiger charge is 2.72. The molecule has 1 spiro atoms. The Hall–Kier alpha value is -3.01. The van der Waals surface area contributed by atoms with E-state index < -0.39 is 29.6 Å². The van der Waals surface area contributed by atoms with Crippen molar-refractivity contribution in [2.75, 3.05) is 25.5 Å². The molecule has 2 saturated heterocycles. The number of ether oxygens (including phenoxy) is 1. The fourth-order valence-electron chi connectivity index (χ4n) is 7.28. The number of rotatable bonds is 10. The first-order valence-corrected chi connectivity index (χ1v) is 15.9. The van der Waals surface area contributed by atoms with Gasteiger partial charge in [0.2, 0.25) is 17.7 Å². The van der Waals surface area contributed by atoms with E-state index in [0.29, 0.717) is 18.7 Å². The van der Waals surface area contributed by atoms with Crippen LogP contribution in [0.4, 0.5) is 5.69 Å². The summed E-state index contributed by atoms with van der Waals surface area (Å²) in [6.45, 7) is 1.99. The van der Waals surface area contributed by atoms with E-state index in [2.05, 4.69) is 50.6 Å². The molecule has 2 aromatic carbocycles. The summed E-state index contributed by atoms with van der Waals surface area (Å²) in [4.78, 5) is 45.7. The Bertz CT molecular complexity index is 1330. The highest BCUT2D eigenvalue weighted by molar-refractivity contribution is 9.10. The molecule has 3 heterocycles. The molecule has 3 amide bonds. The molecule has 222 valence electrons. The Morgan fingerprint density at radius 2 is 1.79 bits per heavy atom. The van der Waals surface area contributed by atoms with Gasteiger partial charge in [-0.3, -0.25) is 14.4 Å². The fraction of sp³-hybridized carbons (Fsp3) is 0.485. The number of nitrogens with zero attached hydrogens (tertiary/aromatic N) is 2. The zero-order valence-electron chi connectivity index (χ0n) is 24.0. The number of hydrogen-bond acceptors (Lipinski definition) is 5. The molecule has 3 aliphatic heterocycles. The number of carbonyl (C=O) groups excluding carboxylic acids is 3. The van der Waals surface area contributed by atoms with Crippen LogP contribution in [0.15, 0.2) is 71.2 Å². The predicted octanol–water partition coefficient (Wildman–Crippen LogP) is 4.51. The molecule has 9 heteroatoms. The minimum absolute atomic E-state index is 0.106. The first kappa shape index (κ1) is 29.1. The normalized spacial score (nSPS) is 28.4. The summed E-state index contributed by atoms with van der Waals surface area (Å²) in [5, 5.41) is 6.24. The van der Waals surface area contributed by atoms with Crippen molar-refractivity contribution in [3.05, 3.63) is 76.8 Å². The number of nitrogens with one attached hydrogen (secondary N) is 2. The lowest BCUT2D eigenvalue weighted by Gasteiger charge is -2.34. The summed E-state index contributed by atoms with van der Waals surface area (Å²) >= 11 is 3.42. The van der Waals surface area contributed by atoms with Crippen molar-refractivity contribution in [2.24, 2.45) is 11.8 Å². The molecule has 3 fully saturated rings. The lowest BCUT2D eigenvalue weighted by Crippen LogP contribution is -2.56. The van der Waals surface area contributed by atoms with Gasteiger partial charge in [-0.25, -0.2) is 0 Å². The van der Waals surface area contributed by atoms with Crippen molar-refractivity contribution < 1.29 is 19.1 Å². The van der Waals surface area contributed by atoms with Crippen LogP contribution >= 0.6 is 15.9 Å². The zero-order chi connectivity index (χ0) is 29.3. The van der Waals surface area contributed by atoms with Crippen LogP contribution in [0, 0.1) is 11.8 Å². The Morgan fingerprint density at radius 3 is 2.52 bits per heavy atom. The molecule has 2 bridgehead atoms. The number of hydrogen-bond donors (Lipinski definition) is 2. The molecule has 0 aromatic heterocycles. The van der Waals surface area contributed by atoms with E-state index in [1.807, 2.05) is 54.6 Å². The summed E-state index contributed by atoms with van der Waals surface area (Å²) in [5.74, 6) is -2.06. The van der Waals surface area contributed by atoms with Gasteiger partial charge in [-0.1, -0.05) is 77.7 Å². The van der Waals surface area contributed by atoms with Crippen LogP contribution in [0.25, 0.3) is 0 Å². The first-order valence-electron chi connectivity index (χ1n) is 15.1. The van der Waals surface area contributed by atoms with E-state index >= 15 is 0 Å². The van der Waals surface area contributed by atoms with Crippen molar-refractivity contribution in [1.82, 2.24) is 15.1 Å². The van der Waals surface area contributed by atoms with Crippen molar-refractivity contribution in [3.8, 4) is 0 Å². The Labute approximate surface area is 256 Å². The van der Waals surface area contributed by atoms with Crippen LogP contribution < -0.4 is 10.6 Å². The molecule has 0 radical (unpaired) electrons.